The zero-order valence-corrected chi connectivity index (χ0v) is 21.5. The van der Waals surface area contributed by atoms with Gasteiger partial charge in [0.05, 0.1) is 5.69 Å². The maximum absolute atomic E-state index is 12.9. The molecule has 2 N–H and O–H groups in total. The number of carbonyl (C=O) groups is 2. The summed E-state index contributed by atoms with van der Waals surface area (Å²) in [7, 11) is 0. The lowest BCUT2D eigenvalue weighted by molar-refractivity contribution is 0.0773. The first-order valence-electron chi connectivity index (χ1n) is 12.8. The third kappa shape index (κ3) is 6.43. The second kappa shape index (κ2) is 12.3. The van der Waals surface area contributed by atoms with E-state index in [1.165, 1.54) is 11.1 Å². The molecular formula is C30H34N4O3. The lowest BCUT2D eigenvalue weighted by atomic mass is 9.87. The molecule has 2 amide bonds. The zero-order valence-electron chi connectivity index (χ0n) is 21.5. The first kappa shape index (κ1) is 26.1. The lowest BCUT2D eigenvalue weighted by Crippen LogP contribution is -2.30. The lowest BCUT2D eigenvalue weighted by Gasteiger charge is -2.30. The van der Waals surface area contributed by atoms with Crippen molar-refractivity contribution in [2.75, 3.05) is 31.5 Å². The first-order chi connectivity index (χ1) is 18.0. The van der Waals surface area contributed by atoms with Crippen molar-refractivity contribution < 1.29 is 14.7 Å². The number of nitrogens with zero attached hydrogens (tertiary/aromatic N) is 3. The third-order valence-electron chi connectivity index (χ3n) is 6.88. The highest BCUT2D eigenvalue weighted by Crippen LogP contribution is 2.36. The van der Waals surface area contributed by atoms with E-state index in [2.05, 4.69) is 15.2 Å². The molecule has 0 atom stereocenters. The molecule has 2 aromatic carbocycles. The molecular weight excluding hydrogens is 464 g/mol. The Bertz CT molecular complexity index is 1240. The Hall–Kier alpha value is -3.97. The number of hydrogen-bond acceptors (Lipinski definition) is 4. The molecule has 0 radical (unpaired) electrons. The van der Waals surface area contributed by atoms with E-state index in [0.29, 0.717) is 24.3 Å². The number of hydrogen-bond donors (Lipinski definition) is 2. The summed E-state index contributed by atoms with van der Waals surface area (Å²) in [6.07, 6.45) is 4.31. The minimum Gasteiger partial charge on any atom is -0.465 e. The van der Waals surface area contributed by atoms with Crippen LogP contribution in [0.2, 0.25) is 0 Å². The van der Waals surface area contributed by atoms with Gasteiger partial charge in [0.25, 0.3) is 5.91 Å². The summed E-state index contributed by atoms with van der Waals surface area (Å²) in [6, 6.07) is 19.3. The van der Waals surface area contributed by atoms with Gasteiger partial charge in [-0.1, -0.05) is 35.9 Å². The molecule has 1 aliphatic heterocycles. The van der Waals surface area contributed by atoms with Crippen LogP contribution in [-0.2, 0) is 6.54 Å². The highest BCUT2D eigenvalue weighted by Gasteiger charge is 2.22. The predicted molar refractivity (Wildman–Crippen MR) is 147 cm³/mol. The minimum atomic E-state index is -1.09. The molecule has 2 heterocycles. The van der Waals surface area contributed by atoms with Gasteiger partial charge in [0, 0.05) is 56.2 Å². The number of carbonyl (C=O) groups excluding carboxylic acids is 1. The summed E-state index contributed by atoms with van der Waals surface area (Å²) in [5.41, 5.74) is 6.61. The van der Waals surface area contributed by atoms with E-state index in [9.17, 15) is 14.7 Å². The van der Waals surface area contributed by atoms with E-state index in [0.717, 1.165) is 49.2 Å². The topological polar surface area (TPSA) is 85.8 Å². The average Bonchev–Trinajstić information content (AvgIpc) is 2.92. The number of para-hydroxylation sites is 1. The number of anilines is 1. The number of pyridine rings is 1. The second-order valence-corrected chi connectivity index (χ2v) is 9.14. The Labute approximate surface area is 218 Å². The minimum absolute atomic E-state index is 0.0168. The van der Waals surface area contributed by atoms with Gasteiger partial charge in [-0.15, -0.1) is 0 Å². The smallest absolute Gasteiger partial charge is 0.409 e. The van der Waals surface area contributed by atoms with Crippen molar-refractivity contribution in [1.29, 1.82) is 0 Å². The molecule has 0 saturated carbocycles. The molecule has 1 aromatic heterocycles. The molecule has 37 heavy (non-hydrogen) atoms. The summed E-state index contributed by atoms with van der Waals surface area (Å²) in [4.78, 5) is 32.7. The molecule has 192 valence electrons. The van der Waals surface area contributed by atoms with Gasteiger partial charge in [0.2, 0.25) is 0 Å². The molecule has 4 rings (SSSR count). The number of piperidine rings is 1. The van der Waals surface area contributed by atoms with Crippen molar-refractivity contribution >= 4 is 23.3 Å². The van der Waals surface area contributed by atoms with Crippen LogP contribution in [0.4, 0.5) is 10.5 Å². The van der Waals surface area contributed by atoms with Crippen molar-refractivity contribution in [3.8, 4) is 0 Å². The SMILES string of the molecule is CCN(CC)C(=O)c1ccc(C(=C2CCN(Cc3ccncc3)CC2)c2ccccc2NC(=O)O)cc1. The Morgan fingerprint density at radius 1 is 0.919 bits per heavy atom. The predicted octanol–water partition coefficient (Wildman–Crippen LogP) is 5.75. The highest BCUT2D eigenvalue weighted by atomic mass is 16.4. The maximum atomic E-state index is 12.9. The fourth-order valence-electron chi connectivity index (χ4n) is 4.93. The number of nitrogens with one attached hydrogen (secondary N) is 1. The van der Waals surface area contributed by atoms with Crippen LogP contribution in [0.15, 0.2) is 78.6 Å². The van der Waals surface area contributed by atoms with Crippen molar-refractivity contribution in [2.24, 2.45) is 0 Å². The summed E-state index contributed by atoms with van der Waals surface area (Å²) >= 11 is 0. The molecule has 1 saturated heterocycles. The van der Waals surface area contributed by atoms with Crippen molar-refractivity contribution in [1.82, 2.24) is 14.8 Å². The van der Waals surface area contributed by atoms with E-state index in [4.69, 9.17) is 0 Å². The largest absolute Gasteiger partial charge is 0.465 e. The Balaban J connectivity index is 1.68. The highest BCUT2D eigenvalue weighted by molar-refractivity contribution is 5.96. The molecule has 1 aliphatic rings. The summed E-state index contributed by atoms with van der Waals surface area (Å²) in [5, 5.41) is 12.0. The number of benzene rings is 2. The average molecular weight is 499 g/mol. The molecule has 0 spiro atoms. The molecule has 7 heteroatoms. The van der Waals surface area contributed by atoms with Gasteiger partial charge in [0.1, 0.15) is 0 Å². The van der Waals surface area contributed by atoms with Gasteiger partial charge in [-0.25, -0.2) is 4.79 Å². The van der Waals surface area contributed by atoms with Crippen LogP contribution in [0.3, 0.4) is 0 Å². The van der Waals surface area contributed by atoms with Crippen LogP contribution in [0.5, 0.6) is 0 Å². The second-order valence-electron chi connectivity index (χ2n) is 9.14. The Kier molecular flexibility index (Phi) is 8.69. The van der Waals surface area contributed by atoms with Crippen LogP contribution in [0, 0.1) is 0 Å². The molecule has 7 nitrogen and oxygen atoms in total. The molecule has 1 fully saturated rings. The van der Waals surface area contributed by atoms with Crippen LogP contribution >= 0.6 is 0 Å². The van der Waals surface area contributed by atoms with Crippen molar-refractivity contribution in [3.05, 3.63) is 101 Å². The monoisotopic (exact) mass is 498 g/mol. The Morgan fingerprint density at radius 3 is 2.16 bits per heavy atom. The number of aromatic nitrogens is 1. The number of amides is 2. The van der Waals surface area contributed by atoms with Crippen LogP contribution < -0.4 is 5.32 Å². The van der Waals surface area contributed by atoms with Gasteiger partial charge in [-0.2, -0.15) is 0 Å². The number of rotatable bonds is 8. The first-order valence-corrected chi connectivity index (χ1v) is 12.8. The number of likely N-dealkylation sites (tertiary alicyclic amines) is 1. The molecule has 3 aromatic rings. The van der Waals surface area contributed by atoms with E-state index in [1.807, 2.05) is 80.8 Å². The molecule has 0 unspecified atom stereocenters. The summed E-state index contributed by atoms with van der Waals surface area (Å²) in [5.74, 6) is 0.0168. The fraction of sp³-hybridized carbons (Fsp3) is 0.300. The van der Waals surface area contributed by atoms with Crippen LogP contribution in [-0.4, -0.2) is 58.1 Å². The summed E-state index contributed by atoms with van der Waals surface area (Å²) < 4.78 is 0. The van der Waals surface area contributed by atoms with Gasteiger partial charge in [-0.05, 0) is 73.7 Å². The van der Waals surface area contributed by atoms with E-state index >= 15 is 0 Å². The normalized spacial score (nSPS) is 13.7. The maximum Gasteiger partial charge on any atom is 0.409 e. The van der Waals surface area contributed by atoms with Gasteiger partial charge >= 0.3 is 6.09 Å². The van der Waals surface area contributed by atoms with E-state index in [1.54, 1.807) is 11.0 Å². The standard InChI is InChI=1S/C30H34N4O3/c1-3-34(4-2)29(35)25-11-9-23(10-12-25)28(26-7-5-6-8-27(26)32-30(36)37)24-15-19-33(20-16-24)21-22-13-17-31-18-14-22/h5-14,17-18,32H,3-4,15-16,19-21H2,1-2H3,(H,36,37). The van der Waals surface area contributed by atoms with E-state index < -0.39 is 6.09 Å². The van der Waals surface area contributed by atoms with E-state index in [-0.39, 0.29) is 5.91 Å². The molecule has 0 aliphatic carbocycles. The van der Waals surface area contributed by atoms with Crippen LogP contribution in [0.25, 0.3) is 5.57 Å². The number of carboxylic acid groups (broad SMARTS) is 1. The fourth-order valence-corrected chi connectivity index (χ4v) is 4.93. The zero-order chi connectivity index (χ0) is 26.2. The van der Waals surface area contributed by atoms with Crippen molar-refractivity contribution in [2.45, 2.75) is 33.2 Å². The molecule has 0 bridgehead atoms. The summed E-state index contributed by atoms with van der Waals surface area (Å²) in [6.45, 7) is 7.98. The van der Waals surface area contributed by atoms with Gasteiger partial charge in [0.15, 0.2) is 0 Å². The van der Waals surface area contributed by atoms with Crippen LogP contribution in [0.1, 0.15) is 53.7 Å². The Morgan fingerprint density at radius 2 is 1.54 bits per heavy atom. The van der Waals surface area contributed by atoms with Crippen molar-refractivity contribution in [3.63, 3.8) is 0 Å². The quantitative estimate of drug-likeness (QED) is 0.413. The third-order valence-corrected chi connectivity index (χ3v) is 6.88. The van der Waals surface area contributed by atoms with Gasteiger partial charge < -0.3 is 10.0 Å². The van der Waals surface area contributed by atoms with Gasteiger partial charge in [-0.3, -0.25) is 20.0 Å².